The summed E-state index contributed by atoms with van der Waals surface area (Å²) < 4.78 is 0.122. The smallest absolute Gasteiger partial charge is 0.241 e. The first-order valence-corrected chi connectivity index (χ1v) is 11.7. The normalized spacial score (nSPS) is 24.0. The standard InChI is InChI=1S/C23H25BrN2O3S/c1-16-2-8-20(9-3-16)30-23(22(29)25-11-10-19(27)14-25)12-21(28)26(15-23)13-17-4-6-18(24)7-5-17/h2-9,19,27H,10-15H2,1H3/t19-,23?/m1/s1. The summed E-state index contributed by atoms with van der Waals surface area (Å²) in [5.74, 6) is -0.0538. The molecule has 1 unspecified atom stereocenters. The fourth-order valence-electron chi connectivity index (χ4n) is 4.06. The van der Waals surface area contributed by atoms with E-state index >= 15 is 0 Å². The second kappa shape index (κ2) is 8.73. The van der Waals surface area contributed by atoms with E-state index < -0.39 is 10.9 Å². The number of benzene rings is 2. The fourth-order valence-corrected chi connectivity index (χ4v) is 5.68. The number of halogens is 1. The first kappa shape index (κ1) is 21.4. The number of carbonyl (C=O) groups is 2. The highest BCUT2D eigenvalue weighted by atomic mass is 79.9. The number of hydrogen-bond donors (Lipinski definition) is 1. The summed E-state index contributed by atoms with van der Waals surface area (Å²) in [4.78, 5) is 31.0. The summed E-state index contributed by atoms with van der Waals surface area (Å²) in [7, 11) is 0. The molecule has 2 heterocycles. The maximum atomic E-state index is 13.6. The van der Waals surface area contributed by atoms with Gasteiger partial charge in [-0.05, 0) is 43.2 Å². The van der Waals surface area contributed by atoms with E-state index in [4.69, 9.17) is 0 Å². The highest BCUT2D eigenvalue weighted by Gasteiger charge is 2.52. The van der Waals surface area contributed by atoms with E-state index in [1.807, 2.05) is 55.5 Å². The van der Waals surface area contributed by atoms with E-state index in [0.29, 0.717) is 32.6 Å². The van der Waals surface area contributed by atoms with Crippen LogP contribution >= 0.6 is 27.7 Å². The van der Waals surface area contributed by atoms with Crippen molar-refractivity contribution in [3.8, 4) is 0 Å². The molecule has 7 heteroatoms. The SMILES string of the molecule is Cc1ccc(SC2(C(=O)N3CC[C@@H](O)C3)CC(=O)N(Cc3ccc(Br)cc3)C2)cc1. The Morgan fingerprint density at radius 3 is 2.53 bits per heavy atom. The van der Waals surface area contributed by atoms with Gasteiger partial charge in [0.05, 0.1) is 12.5 Å². The minimum atomic E-state index is -0.869. The van der Waals surface area contributed by atoms with Crippen molar-refractivity contribution in [2.75, 3.05) is 19.6 Å². The largest absolute Gasteiger partial charge is 0.391 e. The van der Waals surface area contributed by atoms with Gasteiger partial charge in [0.1, 0.15) is 4.75 Å². The molecule has 2 atom stereocenters. The third kappa shape index (κ3) is 4.58. The number of β-amino-alcohol motifs (C(OH)–C–C–N with tert-alkyl or cyclic N) is 1. The molecule has 0 radical (unpaired) electrons. The average Bonchev–Trinajstić information content (AvgIpc) is 3.29. The molecule has 0 aliphatic carbocycles. The van der Waals surface area contributed by atoms with Gasteiger partial charge in [-0.25, -0.2) is 0 Å². The van der Waals surface area contributed by atoms with Gasteiger partial charge in [-0.1, -0.05) is 45.8 Å². The molecule has 158 valence electrons. The van der Waals surface area contributed by atoms with Gasteiger partial charge >= 0.3 is 0 Å². The molecule has 2 amide bonds. The Hall–Kier alpha value is -1.83. The Balaban J connectivity index is 1.59. The van der Waals surface area contributed by atoms with Crippen molar-refractivity contribution in [3.05, 3.63) is 64.1 Å². The lowest BCUT2D eigenvalue weighted by Gasteiger charge is -2.31. The second-order valence-electron chi connectivity index (χ2n) is 8.16. The number of aliphatic hydroxyl groups is 1. The highest BCUT2D eigenvalue weighted by Crippen LogP contribution is 2.43. The van der Waals surface area contributed by atoms with Crippen molar-refractivity contribution in [2.45, 2.75) is 42.1 Å². The molecule has 1 N–H and O–H groups in total. The highest BCUT2D eigenvalue weighted by molar-refractivity contribution is 9.10. The Kier molecular flexibility index (Phi) is 6.23. The monoisotopic (exact) mass is 488 g/mol. The summed E-state index contributed by atoms with van der Waals surface area (Å²) in [5, 5.41) is 9.93. The minimum Gasteiger partial charge on any atom is -0.391 e. The molecular weight excluding hydrogens is 464 g/mol. The molecule has 2 aromatic rings. The van der Waals surface area contributed by atoms with Gasteiger partial charge in [0.2, 0.25) is 11.8 Å². The van der Waals surface area contributed by atoms with Crippen LogP contribution in [0, 0.1) is 6.92 Å². The van der Waals surface area contributed by atoms with E-state index in [0.717, 1.165) is 20.5 Å². The lowest BCUT2D eigenvalue weighted by atomic mass is 10.1. The van der Waals surface area contributed by atoms with Crippen molar-refractivity contribution in [1.82, 2.24) is 9.80 Å². The Morgan fingerprint density at radius 2 is 1.90 bits per heavy atom. The van der Waals surface area contributed by atoms with Gasteiger partial charge in [-0.2, -0.15) is 0 Å². The molecule has 0 bridgehead atoms. The van der Waals surface area contributed by atoms with Gasteiger partial charge < -0.3 is 14.9 Å². The number of nitrogens with zero attached hydrogens (tertiary/aromatic N) is 2. The molecule has 2 aliphatic heterocycles. The quantitative estimate of drug-likeness (QED) is 0.697. The van der Waals surface area contributed by atoms with Gasteiger partial charge in [0.15, 0.2) is 0 Å². The maximum Gasteiger partial charge on any atom is 0.241 e. The zero-order chi connectivity index (χ0) is 21.3. The predicted molar refractivity (Wildman–Crippen MR) is 121 cm³/mol. The summed E-state index contributed by atoms with van der Waals surface area (Å²) in [6, 6.07) is 16.0. The third-order valence-corrected chi connectivity index (χ3v) is 7.57. The van der Waals surface area contributed by atoms with Gasteiger partial charge in [0.25, 0.3) is 0 Å². The summed E-state index contributed by atoms with van der Waals surface area (Å²) in [6.45, 7) is 3.76. The lowest BCUT2D eigenvalue weighted by molar-refractivity contribution is -0.133. The Bertz CT molecular complexity index is 934. The van der Waals surface area contributed by atoms with Gasteiger partial charge in [-0.15, -0.1) is 11.8 Å². The van der Waals surface area contributed by atoms with Crippen molar-refractivity contribution >= 4 is 39.5 Å². The van der Waals surface area contributed by atoms with Crippen molar-refractivity contribution < 1.29 is 14.7 Å². The molecule has 2 aromatic carbocycles. The van der Waals surface area contributed by atoms with Crippen LogP contribution in [0.25, 0.3) is 0 Å². The number of carbonyl (C=O) groups excluding carboxylic acids is 2. The molecule has 0 aromatic heterocycles. The third-order valence-electron chi connectivity index (χ3n) is 5.70. The minimum absolute atomic E-state index is 0.00868. The Labute approximate surface area is 189 Å². The zero-order valence-corrected chi connectivity index (χ0v) is 19.3. The second-order valence-corrected chi connectivity index (χ2v) is 10.5. The molecule has 30 heavy (non-hydrogen) atoms. The number of aryl methyl sites for hydroxylation is 1. The van der Waals surface area contributed by atoms with Crippen molar-refractivity contribution in [2.24, 2.45) is 0 Å². The van der Waals surface area contributed by atoms with E-state index in [-0.39, 0.29) is 18.2 Å². The van der Waals surface area contributed by atoms with E-state index in [2.05, 4.69) is 15.9 Å². The summed E-state index contributed by atoms with van der Waals surface area (Å²) in [6.07, 6.45) is 0.285. The molecule has 0 saturated carbocycles. The first-order valence-electron chi connectivity index (χ1n) is 10.1. The molecule has 5 nitrogen and oxygen atoms in total. The summed E-state index contributed by atoms with van der Waals surface area (Å²) in [5.41, 5.74) is 2.19. The summed E-state index contributed by atoms with van der Waals surface area (Å²) >= 11 is 4.92. The van der Waals surface area contributed by atoms with Crippen LogP contribution in [0.2, 0.25) is 0 Å². The van der Waals surface area contributed by atoms with Crippen LogP contribution < -0.4 is 0 Å². The van der Waals surface area contributed by atoms with Crippen LogP contribution in [-0.4, -0.2) is 57.2 Å². The van der Waals surface area contributed by atoms with E-state index in [1.54, 1.807) is 9.80 Å². The average molecular weight is 489 g/mol. The van der Waals surface area contributed by atoms with Crippen LogP contribution in [0.1, 0.15) is 24.0 Å². The lowest BCUT2D eigenvalue weighted by Crippen LogP contribution is -2.48. The fraction of sp³-hybridized carbons (Fsp3) is 0.391. The van der Waals surface area contributed by atoms with Crippen LogP contribution in [0.5, 0.6) is 0 Å². The zero-order valence-electron chi connectivity index (χ0n) is 16.9. The van der Waals surface area contributed by atoms with Gasteiger partial charge in [-0.3, -0.25) is 9.59 Å². The number of aliphatic hydroxyl groups excluding tert-OH is 1. The topological polar surface area (TPSA) is 60.9 Å². The number of likely N-dealkylation sites (tertiary alicyclic amines) is 2. The number of amides is 2. The molecular formula is C23H25BrN2O3S. The molecule has 2 saturated heterocycles. The molecule has 4 rings (SSSR count). The molecule has 0 spiro atoms. The van der Waals surface area contributed by atoms with Crippen LogP contribution in [0.15, 0.2) is 57.9 Å². The van der Waals surface area contributed by atoms with Crippen molar-refractivity contribution in [3.63, 3.8) is 0 Å². The van der Waals surface area contributed by atoms with E-state index in [1.165, 1.54) is 11.8 Å². The van der Waals surface area contributed by atoms with Crippen LogP contribution in [0.3, 0.4) is 0 Å². The maximum absolute atomic E-state index is 13.6. The van der Waals surface area contributed by atoms with Gasteiger partial charge in [0, 0.05) is 35.5 Å². The number of thioether (sulfide) groups is 1. The molecule has 2 aliphatic rings. The predicted octanol–water partition coefficient (Wildman–Crippen LogP) is 3.61. The van der Waals surface area contributed by atoms with Crippen LogP contribution in [-0.2, 0) is 16.1 Å². The number of rotatable bonds is 5. The van der Waals surface area contributed by atoms with Crippen molar-refractivity contribution in [1.29, 1.82) is 0 Å². The Morgan fingerprint density at radius 1 is 1.20 bits per heavy atom. The number of hydrogen-bond acceptors (Lipinski definition) is 4. The van der Waals surface area contributed by atoms with E-state index in [9.17, 15) is 14.7 Å². The first-order chi connectivity index (χ1) is 14.3. The van der Waals surface area contributed by atoms with Crippen LogP contribution in [0.4, 0.5) is 0 Å². The molecule has 2 fully saturated rings.